The van der Waals surface area contributed by atoms with Crippen LogP contribution in [0.15, 0.2) is 60.8 Å². The number of carboxylic acid groups (broad SMARTS) is 2. The molecule has 3 aromatic rings. The number of aromatic carboxylic acids is 2. The van der Waals surface area contributed by atoms with Gasteiger partial charge in [-0.2, -0.15) is 4.98 Å². The number of hydrogen-bond acceptors (Lipinski definition) is 8. The highest BCUT2D eigenvalue weighted by Gasteiger charge is 2.03. The minimum absolute atomic E-state index is 0.0309. The van der Waals surface area contributed by atoms with Gasteiger partial charge in [-0.3, -0.25) is 0 Å². The van der Waals surface area contributed by atoms with Gasteiger partial charge in [0.1, 0.15) is 5.82 Å². The van der Waals surface area contributed by atoms with Gasteiger partial charge >= 0.3 is 0 Å². The standard InChI is InChI=1S/C18H14N4O4/c23-16(24)11-3-1-5-13(9-11)20-15-7-8-19-18(22-15)21-14-6-2-4-12(10-14)17(25)26/h1-10H,(H,23,24)(H,25,26)(H2,19,20,21,22)/p-2. The summed E-state index contributed by atoms with van der Waals surface area (Å²) in [5.74, 6) is -1.89. The normalized spacial score (nSPS) is 10.2. The van der Waals surface area contributed by atoms with Gasteiger partial charge in [0.05, 0.1) is 11.9 Å². The summed E-state index contributed by atoms with van der Waals surface area (Å²) in [5.41, 5.74) is 1.09. The highest BCUT2D eigenvalue weighted by Crippen LogP contribution is 2.19. The summed E-state index contributed by atoms with van der Waals surface area (Å²) in [4.78, 5) is 30.1. The van der Waals surface area contributed by atoms with Crippen molar-refractivity contribution in [1.29, 1.82) is 0 Å². The van der Waals surface area contributed by atoms with Crippen molar-refractivity contribution < 1.29 is 19.8 Å². The molecule has 0 aliphatic rings. The van der Waals surface area contributed by atoms with Gasteiger partial charge in [-0.25, -0.2) is 4.98 Å². The van der Waals surface area contributed by atoms with Gasteiger partial charge in [-0.05, 0) is 41.5 Å². The second kappa shape index (κ2) is 7.31. The fourth-order valence-corrected chi connectivity index (χ4v) is 2.21. The Morgan fingerprint density at radius 2 is 1.38 bits per heavy atom. The number of rotatable bonds is 6. The Kier molecular flexibility index (Phi) is 4.75. The molecule has 1 heterocycles. The number of hydrogen-bond donors (Lipinski definition) is 2. The van der Waals surface area contributed by atoms with Crippen LogP contribution in [0.4, 0.5) is 23.1 Å². The molecular weight excluding hydrogens is 336 g/mol. The third kappa shape index (κ3) is 4.12. The van der Waals surface area contributed by atoms with Crippen LogP contribution < -0.4 is 20.8 Å². The van der Waals surface area contributed by atoms with Gasteiger partial charge in [0.25, 0.3) is 0 Å². The third-order valence-corrected chi connectivity index (χ3v) is 3.38. The molecule has 0 spiro atoms. The lowest BCUT2D eigenvalue weighted by atomic mass is 10.2. The molecule has 2 N–H and O–H groups in total. The highest BCUT2D eigenvalue weighted by molar-refractivity contribution is 5.88. The number of carbonyl (C=O) groups is 2. The van der Waals surface area contributed by atoms with Gasteiger partial charge in [-0.15, -0.1) is 0 Å². The number of benzene rings is 2. The molecule has 0 bridgehead atoms. The van der Waals surface area contributed by atoms with Crippen molar-refractivity contribution >= 4 is 35.1 Å². The molecule has 130 valence electrons. The van der Waals surface area contributed by atoms with E-state index in [0.29, 0.717) is 17.2 Å². The molecule has 0 aliphatic carbocycles. The molecule has 8 nitrogen and oxygen atoms in total. The lowest BCUT2D eigenvalue weighted by Gasteiger charge is -2.11. The molecule has 0 amide bonds. The van der Waals surface area contributed by atoms with Crippen molar-refractivity contribution in [2.24, 2.45) is 0 Å². The van der Waals surface area contributed by atoms with Crippen molar-refractivity contribution in [3.05, 3.63) is 71.9 Å². The zero-order valence-electron chi connectivity index (χ0n) is 13.3. The first-order chi connectivity index (χ1) is 12.5. The number of anilines is 4. The fraction of sp³-hybridized carbons (Fsp3) is 0. The Bertz CT molecular complexity index is 900. The Morgan fingerprint density at radius 1 is 0.808 bits per heavy atom. The van der Waals surface area contributed by atoms with E-state index < -0.39 is 11.9 Å². The molecule has 8 heteroatoms. The smallest absolute Gasteiger partial charge is 0.229 e. The van der Waals surface area contributed by atoms with Crippen LogP contribution in [0.1, 0.15) is 20.7 Å². The minimum atomic E-state index is -1.28. The Balaban J connectivity index is 1.78. The van der Waals surface area contributed by atoms with Crippen LogP contribution in [0.5, 0.6) is 0 Å². The summed E-state index contributed by atoms with van der Waals surface area (Å²) in [7, 11) is 0. The fourth-order valence-electron chi connectivity index (χ4n) is 2.21. The minimum Gasteiger partial charge on any atom is -0.545 e. The molecule has 2 aromatic carbocycles. The average Bonchev–Trinajstić information content (AvgIpc) is 2.62. The van der Waals surface area contributed by atoms with E-state index in [2.05, 4.69) is 20.6 Å². The van der Waals surface area contributed by atoms with Gasteiger partial charge < -0.3 is 30.4 Å². The summed E-state index contributed by atoms with van der Waals surface area (Å²) in [6.07, 6.45) is 1.50. The van der Waals surface area contributed by atoms with E-state index in [-0.39, 0.29) is 17.1 Å². The average molecular weight is 348 g/mol. The summed E-state index contributed by atoms with van der Waals surface area (Å²) in [6.45, 7) is 0. The maximum Gasteiger partial charge on any atom is 0.229 e. The van der Waals surface area contributed by atoms with E-state index in [1.54, 1.807) is 30.3 Å². The zero-order valence-corrected chi connectivity index (χ0v) is 13.3. The molecule has 0 aliphatic heterocycles. The first-order valence-corrected chi connectivity index (χ1v) is 7.51. The molecule has 0 fully saturated rings. The van der Waals surface area contributed by atoms with Crippen LogP contribution in [0, 0.1) is 0 Å². The van der Waals surface area contributed by atoms with Gasteiger partial charge in [-0.1, -0.05) is 24.3 Å². The third-order valence-electron chi connectivity index (χ3n) is 3.38. The monoisotopic (exact) mass is 348 g/mol. The highest BCUT2D eigenvalue weighted by atomic mass is 16.4. The lowest BCUT2D eigenvalue weighted by Crippen LogP contribution is -2.22. The van der Waals surface area contributed by atoms with E-state index in [1.807, 2.05) is 0 Å². The van der Waals surface area contributed by atoms with Crippen molar-refractivity contribution in [1.82, 2.24) is 9.97 Å². The largest absolute Gasteiger partial charge is 0.545 e. The number of nitrogens with zero attached hydrogens (tertiary/aromatic N) is 2. The number of carboxylic acids is 2. The number of nitrogens with one attached hydrogen (secondary N) is 2. The SMILES string of the molecule is O=C([O-])c1cccc(Nc2ccnc(Nc3cccc(C(=O)[O-])c3)n2)c1. The molecule has 0 radical (unpaired) electrons. The number of aromatic nitrogens is 2. The Labute approximate surface area is 148 Å². The molecular formula is C18H12N4O4-2. The lowest BCUT2D eigenvalue weighted by molar-refractivity contribution is -0.256. The number of carbonyl (C=O) groups excluding carboxylic acids is 2. The second-order valence-electron chi connectivity index (χ2n) is 5.25. The van der Waals surface area contributed by atoms with Crippen LogP contribution in [-0.2, 0) is 0 Å². The second-order valence-corrected chi connectivity index (χ2v) is 5.25. The first kappa shape index (κ1) is 16.9. The molecule has 26 heavy (non-hydrogen) atoms. The van der Waals surface area contributed by atoms with E-state index in [1.165, 1.54) is 30.5 Å². The van der Waals surface area contributed by atoms with E-state index in [9.17, 15) is 19.8 Å². The molecule has 0 saturated carbocycles. The van der Waals surface area contributed by atoms with Gasteiger partial charge in [0, 0.05) is 17.6 Å². The van der Waals surface area contributed by atoms with Gasteiger partial charge in [0.2, 0.25) is 5.95 Å². The molecule has 1 aromatic heterocycles. The van der Waals surface area contributed by atoms with E-state index >= 15 is 0 Å². The molecule has 0 saturated heterocycles. The molecule has 3 rings (SSSR count). The van der Waals surface area contributed by atoms with E-state index in [4.69, 9.17) is 0 Å². The zero-order chi connectivity index (χ0) is 18.5. The van der Waals surface area contributed by atoms with Crippen LogP contribution >= 0.6 is 0 Å². The molecule has 0 atom stereocenters. The van der Waals surface area contributed by atoms with Crippen molar-refractivity contribution in [2.75, 3.05) is 10.6 Å². The predicted molar refractivity (Wildman–Crippen MR) is 90.1 cm³/mol. The van der Waals surface area contributed by atoms with Crippen molar-refractivity contribution in [3.63, 3.8) is 0 Å². The predicted octanol–water partition coefficient (Wildman–Crippen LogP) is 0.691. The van der Waals surface area contributed by atoms with Crippen molar-refractivity contribution in [2.45, 2.75) is 0 Å². The van der Waals surface area contributed by atoms with Gasteiger partial charge in [0.15, 0.2) is 0 Å². The molecule has 0 unspecified atom stereocenters. The topological polar surface area (TPSA) is 130 Å². The maximum atomic E-state index is 10.9. The summed E-state index contributed by atoms with van der Waals surface area (Å²) in [6, 6.07) is 13.8. The van der Waals surface area contributed by atoms with Crippen LogP contribution in [0.25, 0.3) is 0 Å². The summed E-state index contributed by atoms with van der Waals surface area (Å²) in [5, 5.41) is 27.7. The van der Waals surface area contributed by atoms with E-state index in [0.717, 1.165) is 0 Å². The van der Waals surface area contributed by atoms with Crippen LogP contribution in [0.2, 0.25) is 0 Å². The first-order valence-electron chi connectivity index (χ1n) is 7.51. The van der Waals surface area contributed by atoms with Crippen LogP contribution in [-0.4, -0.2) is 21.9 Å². The quantitative estimate of drug-likeness (QED) is 0.665. The summed E-state index contributed by atoms with van der Waals surface area (Å²) >= 11 is 0. The van der Waals surface area contributed by atoms with Crippen LogP contribution in [0.3, 0.4) is 0 Å². The Hall–Kier alpha value is -3.94. The van der Waals surface area contributed by atoms with Crippen molar-refractivity contribution in [3.8, 4) is 0 Å². The summed E-state index contributed by atoms with van der Waals surface area (Å²) < 4.78 is 0. The maximum absolute atomic E-state index is 10.9. The Morgan fingerprint density at radius 3 is 1.96 bits per heavy atom.